The van der Waals surface area contributed by atoms with Gasteiger partial charge in [-0.3, -0.25) is 10.1 Å². The third-order valence-electron chi connectivity index (χ3n) is 2.66. The van der Waals surface area contributed by atoms with Crippen LogP contribution in [0.3, 0.4) is 0 Å². The first-order valence-corrected chi connectivity index (χ1v) is 6.38. The fraction of sp³-hybridized carbons (Fsp3) is 0.583. The Hall–Kier alpha value is -1.89. The van der Waals surface area contributed by atoms with Gasteiger partial charge in [0.25, 0.3) is 5.69 Å². The Balaban J connectivity index is 3.05. The predicted molar refractivity (Wildman–Crippen MR) is 74.6 cm³/mol. The molecule has 0 aliphatic rings. The minimum atomic E-state index is -0.425. The van der Waals surface area contributed by atoms with Crippen LogP contribution < -0.4 is 10.2 Å². The van der Waals surface area contributed by atoms with Crippen molar-refractivity contribution in [2.24, 2.45) is 0 Å². The standard InChI is InChI=1S/C12H20N4O3/c1-3-13-11-8-10(16(18)19)9-12(14-11)15(4-2)6-5-7-17/h8-9,17H,3-7H2,1-2H3,(H,13,14). The molecule has 0 saturated carbocycles. The first-order valence-electron chi connectivity index (χ1n) is 6.38. The number of nitro groups is 1. The Labute approximate surface area is 112 Å². The van der Waals surface area contributed by atoms with Crippen molar-refractivity contribution in [2.45, 2.75) is 20.3 Å². The number of aliphatic hydroxyl groups is 1. The number of hydrogen-bond acceptors (Lipinski definition) is 6. The van der Waals surface area contributed by atoms with Gasteiger partial charge in [-0.2, -0.15) is 0 Å². The summed E-state index contributed by atoms with van der Waals surface area (Å²) in [5.74, 6) is 1.05. The van der Waals surface area contributed by atoms with Gasteiger partial charge in [0.15, 0.2) is 0 Å². The van der Waals surface area contributed by atoms with Crippen LogP contribution in [0.1, 0.15) is 20.3 Å². The highest BCUT2D eigenvalue weighted by Crippen LogP contribution is 2.23. The van der Waals surface area contributed by atoms with Crippen LogP contribution in [0.25, 0.3) is 0 Å². The molecule has 0 fully saturated rings. The maximum atomic E-state index is 10.9. The van der Waals surface area contributed by atoms with E-state index in [1.54, 1.807) is 0 Å². The first kappa shape index (κ1) is 15.2. The van der Waals surface area contributed by atoms with E-state index in [-0.39, 0.29) is 12.3 Å². The van der Waals surface area contributed by atoms with E-state index < -0.39 is 4.92 Å². The zero-order valence-electron chi connectivity index (χ0n) is 11.3. The van der Waals surface area contributed by atoms with Gasteiger partial charge in [-0.15, -0.1) is 0 Å². The fourth-order valence-corrected chi connectivity index (χ4v) is 1.74. The SMILES string of the molecule is CCNc1cc([N+](=O)[O-])cc(N(CC)CCCO)n1. The van der Waals surface area contributed by atoms with Gasteiger partial charge in [0.2, 0.25) is 0 Å². The molecule has 7 nitrogen and oxygen atoms in total. The van der Waals surface area contributed by atoms with Gasteiger partial charge in [-0.25, -0.2) is 4.98 Å². The van der Waals surface area contributed by atoms with E-state index in [1.165, 1.54) is 12.1 Å². The molecule has 0 aliphatic carbocycles. The van der Waals surface area contributed by atoms with Crippen LogP contribution >= 0.6 is 0 Å². The molecular weight excluding hydrogens is 248 g/mol. The minimum Gasteiger partial charge on any atom is -0.396 e. The fourth-order valence-electron chi connectivity index (χ4n) is 1.74. The summed E-state index contributed by atoms with van der Waals surface area (Å²) in [5, 5.41) is 22.8. The third-order valence-corrected chi connectivity index (χ3v) is 2.66. The van der Waals surface area contributed by atoms with Gasteiger partial charge in [0.05, 0.1) is 17.1 Å². The molecule has 0 saturated heterocycles. The number of hydrogen-bond donors (Lipinski definition) is 2. The second kappa shape index (κ2) is 7.52. The van der Waals surface area contributed by atoms with Crippen molar-refractivity contribution in [3.63, 3.8) is 0 Å². The van der Waals surface area contributed by atoms with Crippen molar-refractivity contribution in [1.82, 2.24) is 4.98 Å². The van der Waals surface area contributed by atoms with Crippen LogP contribution in [-0.4, -0.2) is 41.3 Å². The number of nitrogens with one attached hydrogen (secondary N) is 1. The molecule has 1 heterocycles. The lowest BCUT2D eigenvalue weighted by Crippen LogP contribution is -2.26. The van der Waals surface area contributed by atoms with Crippen molar-refractivity contribution >= 4 is 17.3 Å². The monoisotopic (exact) mass is 268 g/mol. The molecular formula is C12H20N4O3. The molecule has 0 atom stereocenters. The third kappa shape index (κ3) is 4.36. The summed E-state index contributed by atoms with van der Waals surface area (Å²) in [6.07, 6.45) is 0.606. The Kier molecular flexibility index (Phi) is 6.01. The van der Waals surface area contributed by atoms with Crippen molar-refractivity contribution in [3.05, 3.63) is 22.2 Å². The molecule has 0 amide bonds. The van der Waals surface area contributed by atoms with E-state index >= 15 is 0 Å². The Morgan fingerprint density at radius 2 is 2.21 bits per heavy atom. The molecule has 19 heavy (non-hydrogen) atoms. The Morgan fingerprint density at radius 3 is 2.74 bits per heavy atom. The lowest BCUT2D eigenvalue weighted by atomic mass is 10.3. The number of aromatic nitrogens is 1. The quantitative estimate of drug-likeness (QED) is 0.550. The normalized spacial score (nSPS) is 10.3. The molecule has 1 aromatic rings. The van der Waals surface area contributed by atoms with Gasteiger partial charge in [0.1, 0.15) is 11.6 Å². The molecule has 7 heteroatoms. The summed E-state index contributed by atoms with van der Waals surface area (Å²) < 4.78 is 0. The second-order valence-corrected chi connectivity index (χ2v) is 4.01. The summed E-state index contributed by atoms with van der Waals surface area (Å²) in [5.41, 5.74) is 0.0170. The van der Waals surface area contributed by atoms with Crippen LogP contribution in [0.2, 0.25) is 0 Å². The van der Waals surface area contributed by atoms with Crippen molar-refractivity contribution in [2.75, 3.05) is 36.5 Å². The number of anilines is 2. The zero-order chi connectivity index (χ0) is 14.3. The van der Waals surface area contributed by atoms with Crippen LogP contribution in [-0.2, 0) is 0 Å². The maximum absolute atomic E-state index is 10.9. The molecule has 0 bridgehead atoms. The minimum absolute atomic E-state index is 0.0170. The van der Waals surface area contributed by atoms with E-state index in [9.17, 15) is 10.1 Å². The first-order chi connectivity index (χ1) is 9.12. The topological polar surface area (TPSA) is 91.5 Å². The van der Waals surface area contributed by atoms with Gasteiger partial charge >= 0.3 is 0 Å². The van der Waals surface area contributed by atoms with Gasteiger partial charge in [-0.05, 0) is 20.3 Å². The van der Waals surface area contributed by atoms with Crippen LogP contribution in [0, 0.1) is 10.1 Å². The van der Waals surface area contributed by atoms with E-state index in [0.717, 1.165) is 0 Å². The van der Waals surface area contributed by atoms with Gasteiger partial charge in [0, 0.05) is 26.2 Å². The zero-order valence-corrected chi connectivity index (χ0v) is 11.3. The van der Waals surface area contributed by atoms with Crippen molar-refractivity contribution < 1.29 is 10.0 Å². The number of pyridine rings is 1. The summed E-state index contributed by atoms with van der Waals surface area (Å²) in [6.45, 7) is 5.89. The largest absolute Gasteiger partial charge is 0.396 e. The number of nitrogens with zero attached hydrogens (tertiary/aromatic N) is 3. The maximum Gasteiger partial charge on any atom is 0.276 e. The van der Waals surface area contributed by atoms with Crippen LogP contribution in [0.5, 0.6) is 0 Å². The molecule has 0 aliphatic heterocycles. The number of aliphatic hydroxyl groups excluding tert-OH is 1. The molecule has 0 spiro atoms. The second-order valence-electron chi connectivity index (χ2n) is 4.01. The molecule has 0 radical (unpaired) electrons. The molecule has 1 aromatic heterocycles. The van der Waals surface area contributed by atoms with Crippen LogP contribution in [0.4, 0.5) is 17.3 Å². The summed E-state index contributed by atoms with van der Waals surface area (Å²) in [6, 6.07) is 2.88. The molecule has 2 N–H and O–H groups in total. The van der Waals surface area contributed by atoms with Gasteiger partial charge in [-0.1, -0.05) is 0 Å². The lowest BCUT2D eigenvalue weighted by Gasteiger charge is -2.22. The molecule has 106 valence electrons. The van der Waals surface area contributed by atoms with Crippen molar-refractivity contribution in [1.29, 1.82) is 0 Å². The average Bonchev–Trinajstić information content (AvgIpc) is 2.39. The van der Waals surface area contributed by atoms with Gasteiger partial charge < -0.3 is 15.3 Å². The highest BCUT2D eigenvalue weighted by Gasteiger charge is 2.14. The highest BCUT2D eigenvalue weighted by atomic mass is 16.6. The van der Waals surface area contributed by atoms with E-state index in [1.807, 2.05) is 18.7 Å². The predicted octanol–water partition coefficient (Wildman–Crippen LogP) is 1.63. The van der Waals surface area contributed by atoms with E-state index in [2.05, 4.69) is 10.3 Å². The smallest absolute Gasteiger partial charge is 0.276 e. The van der Waals surface area contributed by atoms with Crippen LogP contribution in [0.15, 0.2) is 12.1 Å². The number of rotatable bonds is 8. The van der Waals surface area contributed by atoms with Crippen molar-refractivity contribution in [3.8, 4) is 0 Å². The summed E-state index contributed by atoms with van der Waals surface area (Å²) >= 11 is 0. The van der Waals surface area contributed by atoms with E-state index in [0.29, 0.717) is 37.7 Å². The Bertz CT molecular complexity index is 425. The molecule has 0 aromatic carbocycles. The summed E-state index contributed by atoms with van der Waals surface area (Å²) in [4.78, 5) is 16.8. The molecule has 0 unspecified atom stereocenters. The lowest BCUT2D eigenvalue weighted by molar-refractivity contribution is -0.384. The Morgan fingerprint density at radius 1 is 1.47 bits per heavy atom. The van der Waals surface area contributed by atoms with E-state index in [4.69, 9.17) is 5.11 Å². The molecule has 1 rings (SSSR count). The highest BCUT2D eigenvalue weighted by molar-refractivity contribution is 5.55. The average molecular weight is 268 g/mol. The summed E-state index contributed by atoms with van der Waals surface area (Å²) in [7, 11) is 0.